The molecule has 0 fully saturated rings. The molecule has 38 heavy (non-hydrogen) atoms. The quantitative estimate of drug-likeness (QED) is 0.158. The summed E-state index contributed by atoms with van der Waals surface area (Å²) in [4.78, 5) is 56.5. The maximum atomic E-state index is 13.0. The second-order valence-corrected chi connectivity index (χ2v) is 8.69. The summed E-state index contributed by atoms with van der Waals surface area (Å²) in [6.07, 6.45) is 3.13. The Hall–Kier alpha value is -4.71. The lowest BCUT2D eigenvalue weighted by Gasteiger charge is -2.21. The molecular weight excluding hydrogens is 492 g/mol. The third-order valence-corrected chi connectivity index (χ3v) is 5.68. The lowest BCUT2D eigenvalue weighted by atomic mass is 10.0. The number of aromatic amines is 1. The summed E-state index contributed by atoms with van der Waals surface area (Å²) in [6.45, 7) is -0.427. The number of hydrogen-bond donors (Lipinski definition) is 7. The van der Waals surface area contributed by atoms with Gasteiger partial charge in [0.05, 0.1) is 18.9 Å². The molecule has 0 saturated heterocycles. The van der Waals surface area contributed by atoms with Crippen molar-refractivity contribution in [1.82, 2.24) is 25.9 Å². The smallest absolute Gasteiger partial charge is 0.326 e. The highest BCUT2D eigenvalue weighted by Gasteiger charge is 2.28. The SMILES string of the molecule is NC(Cc1ccccc1)C(=O)NCC(=O)NC(Cc1cnc[nH]1)C(=O)NC(Cc1ccc(O)cc1)C(=O)O. The van der Waals surface area contributed by atoms with E-state index in [1.807, 2.05) is 30.3 Å². The second kappa shape index (κ2) is 13.6. The Morgan fingerprint density at radius 3 is 2.18 bits per heavy atom. The summed E-state index contributed by atoms with van der Waals surface area (Å²) >= 11 is 0. The van der Waals surface area contributed by atoms with Crippen molar-refractivity contribution in [2.24, 2.45) is 5.73 Å². The zero-order valence-corrected chi connectivity index (χ0v) is 20.5. The van der Waals surface area contributed by atoms with Crippen molar-refractivity contribution in [2.45, 2.75) is 37.4 Å². The summed E-state index contributed by atoms with van der Waals surface area (Å²) in [5, 5.41) is 26.5. The van der Waals surface area contributed by atoms with Crippen LogP contribution >= 0.6 is 0 Å². The third kappa shape index (κ3) is 8.75. The van der Waals surface area contributed by atoms with Crippen LogP contribution in [-0.2, 0) is 38.4 Å². The highest BCUT2D eigenvalue weighted by molar-refractivity contribution is 5.92. The minimum absolute atomic E-state index is 0.00455. The molecule has 3 atom stereocenters. The van der Waals surface area contributed by atoms with Gasteiger partial charge >= 0.3 is 5.97 Å². The third-order valence-electron chi connectivity index (χ3n) is 5.68. The van der Waals surface area contributed by atoms with E-state index in [0.717, 1.165) is 5.56 Å². The monoisotopic (exact) mass is 522 g/mol. The Morgan fingerprint density at radius 2 is 1.55 bits per heavy atom. The number of amides is 3. The van der Waals surface area contributed by atoms with Crippen LogP contribution in [0.15, 0.2) is 67.1 Å². The molecule has 3 aromatic rings. The Kier molecular flexibility index (Phi) is 9.94. The molecule has 2 aromatic carbocycles. The Morgan fingerprint density at radius 1 is 0.868 bits per heavy atom. The molecule has 1 aromatic heterocycles. The Balaban J connectivity index is 1.60. The number of aromatic nitrogens is 2. The van der Waals surface area contributed by atoms with Gasteiger partial charge in [-0.05, 0) is 29.7 Å². The first-order valence-electron chi connectivity index (χ1n) is 11.9. The molecule has 200 valence electrons. The summed E-state index contributed by atoms with van der Waals surface area (Å²) in [7, 11) is 0. The van der Waals surface area contributed by atoms with Crippen molar-refractivity contribution >= 4 is 23.7 Å². The highest BCUT2D eigenvalue weighted by atomic mass is 16.4. The van der Waals surface area contributed by atoms with Crippen LogP contribution in [-0.4, -0.2) is 68.5 Å². The summed E-state index contributed by atoms with van der Waals surface area (Å²) in [5.74, 6) is -3.15. The van der Waals surface area contributed by atoms with Gasteiger partial charge in [0, 0.05) is 24.7 Å². The van der Waals surface area contributed by atoms with Crippen molar-refractivity contribution in [3.05, 3.63) is 83.9 Å². The average molecular weight is 523 g/mol. The van der Waals surface area contributed by atoms with Crippen LogP contribution in [0.3, 0.4) is 0 Å². The van der Waals surface area contributed by atoms with Gasteiger partial charge in [0.15, 0.2) is 0 Å². The van der Waals surface area contributed by atoms with E-state index >= 15 is 0 Å². The molecule has 0 aliphatic rings. The molecule has 3 amide bonds. The van der Waals surface area contributed by atoms with Crippen LogP contribution in [0.1, 0.15) is 16.8 Å². The van der Waals surface area contributed by atoms with E-state index in [1.165, 1.54) is 24.7 Å². The number of nitrogens with one attached hydrogen (secondary N) is 4. The number of phenolic OH excluding ortho intramolecular Hbond substituents is 1. The molecule has 0 bridgehead atoms. The zero-order valence-electron chi connectivity index (χ0n) is 20.5. The van der Waals surface area contributed by atoms with E-state index in [9.17, 15) is 29.4 Å². The second-order valence-electron chi connectivity index (χ2n) is 8.69. The van der Waals surface area contributed by atoms with E-state index in [-0.39, 0.29) is 25.0 Å². The van der Waals surface area contributed by atoms with Crippen molar-refractivity contribution in [3.8, 4) is 5.75 Å². The Labute approximate surface area is 218 Å². The maximum absolute atomic E-state index is 13.0. The molecule has 3 rings (SSSR count). The van der Waals surface area contributed by atoms with Gasteiger partial charge in [0.25, 0.3) is 0 Å². The van der Waals surface area contributed by atoms with E-state index in [1.54, 1.807) is 12.1 Å². The first-order chi connectivity index (χ1) is 18.2. The van der Waals surface area contributed by atoms with Crippen LogP contribution in [0.2, 0.25) is 0 Å². The molecule has 0 spiro atoms. The zero-order chi connectivity index (χ0) is 27.5. The predicted molar refractivity (Wildman–Crippen MR) is 137 cm³/mol. The van der Waals surface area contributed by atoms with Crippen LogP contribution in [0.4, 0.5) is 0 Å². The normalized spacial score (nSPS) is 13.1. The molecule has 1 heterocycles. The molecular formula is C26H30N6O6. The van der Waals surface area contributed by atoms with Gasteiger partial charge in [0.1, 0.15) is 17.8 Å². The van der Waals surface area contributed by atoms with Gasteiger partial charge in [-0.3, -0.25) is 14.4 Å². The number of nitrogens with zero attached hydrogens (tertiary/aromatic N) is 1. The summed E-state index contributed by atoms with van der Waals surface area (Å²) < 4.78 is 0. The van der Waals surface area contributed by atoms with Crippen LogP contribution in [0, 0.1) is 0 Å². The van der Waals surface area contributed by atoms with E-state index in [0.29, 0.717) is 11.3 Å². The van der Waals surface area contributed by atoms with Crippen molar-refractivity contribution in [2.75, 3.05) is 6.54 Å². The number of nitrogens with two attached hydrogens (primary N) is 1. The highest BCUT2D eigenvalue weighted by Crippen LogP contribution is 2.12. The number of carbonyl (C=O) groups is 4. The fourth-order valence-electron chi connectivity index (χ4n) is 3.67. The first kappa shape index (κ1) is 27.9. The number of aliphatic carboxylic acids is 1. The summed E-state index contributed by atoms with van der Waals surface area (Å²) in [5.41, 5.74) is 7.93. The summed E-state index contributed by atoms with van der Waals surface area (Å²) in [6, 6.07) is 11.8. The number of carbonyl (C=O) groups excluding carboxylic acids is 3. The average Bonchev–Trinajstić information content (AvgIpc) is 3.41. The Bertz CT molecular complexity index is 1220. The number of H-pyrrole nitrogens is 1. The molecule has 0 aliphatic carbocycles. The van der Waals surface area contributed by atoms with Gasteiger partial charge < -0.3 is 36.9 Å². The number of carboxylic acid groups (broad SMARTS) is 1. The lowest BCUT2D eigenvalue weighted by Crippen LogP contribution is -2.55. The van der Waals surface area contributed by atoms with Gasteiger partial charge in [-0.25, -0.2) is 9.78 Å². The van der Waals surface area contributed by atoms with E-state index in [4.69, 9.17) is 5.73 Å². The number of hydrogen-bond acceptors (Lipinski definition) is 7. The van der Waals surface area contributed by atoms with Crippen LogP contribution < -0.4 is 21.7 Å². The number of benzene rings is 2. The molecule has 8 N–H and O–H groups in total. The van der Waals surface area contributed by atoms with Gasteiger partial charge in [-0.1, -0.05) is 42.5 Å². The number of rotatable bonds is 13. The first-order valence-corrected chi connectivity index (χ1v) is 11.9. The number of aromatic hydroxyl groups is 1. The van der Waals surface area contributed by atoms with E-state index < -0.39 is 48.4 Å². The van der Waals surface area contributed by atoms with Crippen molar-refractivity contribution in [1.29, 1.82) is 0 Å². The maximum Gasteiger partial charge on any atom is 0.326 e. The standard InChI is InChI=1S/C26H30N6O6/c27-20(10-16-4-2-1-3-5-16)24(35)29-14-23(34)31-21(12-18-13-28-15-30-18)25(36)32-22(26(37)38)11-17-6-8-19(33)9-7-17/h1-9,13,15,20-22,33H,10-12,14,27H2,(H,28,30)(H,29,35)(H,31,34)(H,32,36)(H,37,38). The minimum Gasteiger partial charge on any atom is -0.508 e. The van der Waals surface area contributed by atoms with Gasteiger partial charge in [0.2, 0.25) is 17.7 Å². The number of carboxylic acids is 1. The molecule has 12 heteroatoms. The molecule has 12 nitrogen and oxygen atoms in total. The molecule has 3 unspecified atom stereocenters. The number of imidazole rings is 1. The van der Waals surface area contributed by atoms with Crippen LogP contribution in [0.5, 0.6) is 5.75 Å². The van der Waals surface area contributed by atoms with Gasteiger partial charge in [-0.2, -0.15) is 0 Å². The predicted octanol–water partition coefficient (Wildman–Crippen LogP) is -0.359. The molecule has 0 aliphatic heterocycles. The van der Waals surface area contributed by atoms with Crippen molar-refractivity contribution < 1.29 is 29.4 Å². The fourth-order valence-corrected chi connectivity index (χ4v) is 3.67. The lowest BCUT2D eigenvalue weighted by molar-refractivity contribution is -0.142. The molecule has 0 radical (unpaired) electrons. The molecule has 0 saturated carbocycles. The van der Waals surface area contributed by atoms with Crippen LogP contribution in [0.25, 0.3) is 0 Å². The van der Waals surface area contributed by atoms with Crippen molar-refractivity contribution in [3.63, 3.8) is 0 Å². The number of phenols is 1. The topological polar surface area (TPSA) is 200 Å². The van der Waals surface area contributed by atoms with E-state index in [2.05, 4.69) is 25.9 Å². The largest absolute Gasteiger partial charge is 0.508 e. The minimum atomic E-state index is -1.29. The van der Waals surface area contributed by atoms with Gasteiger partial charge in [-0.15, -0.1) is 0 Å². The fraction of sp³-hybridized carbons (Fsp3) is 0.269.